The Hall–Kier alpha value is -2.48. The van der Waals surface area contributed by atoms with Crippen LogP contribution in [0, 0.1) is 10.1 Å². The molecule has 0 bridgehead atoms. The highest BCUT2D eigenvalue weighted by Crippen LogP contribution is 2.22. The number of nitrogens with one attached hydrogen (secondary N) is 1. The predicted molar refractivity (Wildman–Crippen MR) is 76.1 cm³/mol. The molecule has 0 unspecified atom stereocenters. The number of carbonyl (C=O) groups is 2. The molecule has 0 aliphatic rings. The van der Waals surface area contributed by atoms with Crippen molar-refractivity contribution in [1.82, 2.24) is 4.90 Å². The van der Waals surface area contributed by atoms with Crippen LogP contribution in [0.4, 0.5) is 11.4 Å². The summed E-state index contributed by atoms with van der Waals surface area (Å²) >= 11 is 0. The number of nitrogens with zero attached hydrogens (tertiary/aromatic N) is 2. The first-order valence-corrected chi connectivity index (χ1v) is 6.41. The maximum absolute atomic E-state index is 11.9. The summed E-state index contributed by atoms with van der Waals surface area (Å²) in [6.07, 6.45) is -0.0629. The van der Waals surface area contributed by atoms with Gasteiger partial charge in [-0.15, -0.1) is 0 Å². The Morgan fingerprint density at radius 2 is 2.05 bits per heavy atom. The number of carboxylic acid groups (broad SMARTS) is 1. The van der Waals surface area contributed by atoms with Crippen molar-refractivity contribution < 1.29 is 19.6 Å². The molecule has 0 aliphatic carbocycles. The zero-order valence-corrected chi connectivity index (χ0v) is 11.6. The third-order valence-electron chi connectivity index (χ3n) is 2.83. The van der Waals surface area contributed by atoms with E-state index >= 15 is 0 Å². The summed E-state index contributed by atoms with van der Waals surface area (Å²) in [5.74, 6) is -1.36. The summed E-state index contributed by atoms with van der Waals surface area (Å²) in [5, 5.41) is 21.9. The van der Waals surface area contributed by atoms with Crippen LogP contribution in [-0.2, 0) is 9.59 Å². The van der Waals surface area contributed by atoms with E-state index in [9.17, 15) is 19.7 Å². The lowest BCUT2D eigenvalue weighted by Gasteiger charge is -2.18. The number of anilines is 1. The molecular weight excluding hydrogens is 278 g/mol. The number of hydrogen-bond donors (Lipinski definition) is 2. The number of likely N-dealkylation sites (N-methyl/N-ethyl adjacent to an activating group) is 1. The van der Waals surface area contributed by atoms with Crippen LogP contribution in [0.3, 0.4) is 0 Å². The lowest BCUT2D eigenvalue weighted by Crippen LogP contribution is -2.34. The van der Waals surface area contributed by atoms with Crippen molar-refractivity contribution in [3.63, 3.8) is 0 Å². The molecule has 21 heavy (non-hydrogen) atoms. The standard InChI is InChI=1S/C13H17N3O5/c1-2-15(8-7-13(18)19)9-12(17)14-10-5-3-4-6-11(10)16(20)21/h3-6H,2,7-9H2,1H3,(H,14,17)(H,18,19). The third kappa shape index (κ3) is 5.57. The molecule has 0 saturated carbocycles. The zero-order valence-electron chi connectivity index (χ0n) is 11.6. The fourth-order valence-corrected chi connectivity index (χ4v) is 1.73. The van der Waals surface area contributed by atoms with Gasteiger partial charge in [0.05, 0.1) is 17.9 Å². The van der Waals surface area contributed by atoms with Gasteiger partial charge in [0, 0.05) is 12.6 Å². The number of nitro groups is 1. The highest BCUT2D eigenvalue weighted by molar-refractivity contribution is 5.94. The van der Waals surface area contributed by atoms with E-state index in [1.54, 1.807) is 17.9 Å². The Bertz CT molecular complexity index is 532. The van der Waals surface area contributed by atoms with Crippen molar-refractivity contribution >= 4 is 23.3 Å². The van der Waals surface area contributed by atoms with Gasteiger partial charge in [-0.3, -0.25) is 24.6 Å². The average Bonchev–Trinajstić information content (AvgIpc) is 2.43. The van der Waals surface area contributed by atoms with Gasteiger partial charge in [0.25, 0.3) is 5.69 Å². The number of amides is 1. The van der Waals surface area contributed by atoms with Gasteiger partial charge in [0.1, 0.15) is 5.69 Å². The van der Waals surface area contributed by atoms with E-state index < -0.39 is 16.8 Å². The third-order valence-corrected chi connectivity index (χ3v) is 2.83. The molecule has 0 aromatic heterocycles. The topological polar surface area (TPSA) is 113 Å². The molecule has 0 fully saturated rings. The van der Waals surface area contributed by atoms with Crippen LogP contribution in [-0.4, -0.2) is 46.4 Å². The first-order valence-electron chi connectivity index (χ1n) is 6.41. The molecule has 1 amide bonds. The van der Waals surface area contributed by atoms with Gasteiger partial charge < -0.3 is 10.4 Å². The van der Waals surface area contributed by atoms with Crippen LogP contribution in [0.25, 0.3) is 0 Å². The van der Waals surface area contributed by atoms with Crippen molar-refractivity contribution in [1.29, 1.82) is 0 Å². The minimum atomic E-state index is -0.937. The molecule has 0 heterocycles. The first kappa shape index (κ1) is 16.6. The number of nitro benzene ring substituents is 1. The maximum atomic E-state index is 11.9. The van der Waals surface area contributed by atoms with E-state index in [0.29, 0.717) is 6.54 Å². The quantitative estimate of drug-likeness (QED) is 0.552. The predicted octanol–water partition coefficient (Wildman–Crippen LogP) is 1.33. The number of para-hydroxylation sites is 2. The summed E-state index contributed by atoms with van der Waals surface area (Å²) in [5.41, 5.74) is -0.0544. The molecule has 0 spiro atoms. The molecule has 8 nitrogen and oxygen atoms in total. The van der Waals surface area contributed by atoms with Crippen LogP contribution in [0.1, 0.15) is 13.3 Å². The lowest BCUT2D eigenvalue weighted by atomic mass is 10.2. The van der Waals surface area contributed by atoms with Crippen molar-refractivity contribution in [2.45, 2.75) is 13.3 Å². The van der Waals surface area contributed by atoms with Gasteiger partial charge in [-0.25, -0.2) is 0 Å². The fourth-order valence-electron chi connectivity index (χ4n) is 1.73. The molecule has 1 aromatic carbocycles. The zero-order chi connectivity index (χ0) is 15.8. The van der Waals surface area contributed by atoms with E-state index in [1.807, 2.05) is 0 Å². The monoisotopic (exact) mass is 295 g/mol. The van der Waals surface area contributed by atoms with Gasteiger partial charge >= 0.3 is 5.97 Å². The number of carbonyl (C=O) groups excluding carboxylic acids is 1. The molecule has 1 aromatic rings. The second kappa shape index (κ2) is 7.95. The Balaban J connectivity index is 2.64. The van der Waals surface area contributed by atoms with Crippen LogP contribution in [0.15, 0.2) is 24.3 Å². The molecule has 2 N–H and O–H groups in total. The first-order chi connectivity index (χ1) is 9.93. The molecule has 0 aliphatic heterocycles. The van der Waals surface area contributed by atoms with Crippen LogP contribution < -0.4 is 5.32 Å². The second-order valence-corrected chi connectivity index (χ2v) is 4.33. The molecule has 0 atom stereocenters. The van der Waals surface area contributed by atoms with Crippen LogP contribution >= 0.6 is 0 Å². The Kier molecular flexibility index (Phi) is 6.28. The normalized spacial score (nSPS) is 10.4. The summed E-state index contributed by atoms with van der Waals surface area (Å²) in [7, 11) is 0. The minimum Gasteiger partial charge on any atom is -0.481 e. The summed E-state index contributed by atoms with van der Waals surface area (Å²) < 4.78 is 0. The lowest BCUT2D eigenvalue weighted by molar-refractivity contribution is -0.383. The Labute approximate surface area is 121 Å². The van der Waals surface area contributed by atoms with E-state index in [4.69, 9.17) is 5.11 Å². The SMILES string of the molecule is CCN(CCC(=O)O)CC(=O)Nc1ccccc1[N+](=O)[O-]. The molecular formula is C13H17N3O5. The number of hydrogen-bond acceptors (Lipinski definition) is 5. The largest absolute Gasteiger partial charge is 0.481 e. The van der Waals surface area contributed by atoms with Gasteiger partial charge in [0.15, 0.2) is 0 Å². The van der Waals surface area contributed by atoms with Crippen molar-refractivity contribution in [3.8, 4) is 0 Å². The summed E-state index contributed by atoms with van der Waals surface area (Å²) in [6, 6.07) is 5.85. The van der Waals surface area contributed by atoms with Crippen LogP contribution in [0.5, 0.6) is 0 Å². The highest BCUT2D eigenvalue weighted by atomic mass is 16.6. The Morgan fingerprint density at radius 1 is 1.38 bits per heavy atom. The van der Waals surface area contributed by atoms with Gasteiger partial charge in [-0.1, -0.05) is 19.1 Å². The molecule has 1 rings (SSSR count). The van der Waals surface area contributed by atoms with Gasteiger partial charge in [-0.2, -0.15) is 0 Å². The summed E-state index contributed by atoms with van der Waals surface area (Å²) in [6.45, 7) is 2.55. The number of rotatable bonds is 8. The fraction of sp³-hybridized carbons (Fsp3) is 0.385. The number of carboxylic acids is 1. The van der Waals surface area contributed by atoms with Crippen LogP contribution in [0.2, 0.25) is 0 Å². The van der Waals surface area contributed by atoms with E-state index in [1.165, 1.54) is 18.2 Å². The van der Waals surface area contributed by atoms with Gasteiger partial charge in [-0.05, 0) is 12.6 Å². The second-order valence-electron chi connectivity index (χ2n) is 4.33. The summed E-state index contributed by atoms with van der Waals surface area (Å²) in [4.78, 5) is 34.3. The van der Waals surface area contributed by atoms with Gasteiger partial charge in [0.2, 0.25) is 5.91 Å². The molecule has 114 valence electrons. The van der Waals surface area contributed by atoms with Crippen molar-refractivity contribution in [2.75, 3.05) is 25.0 Å². The number of aliphatic carboxylic acids is 1. The average molecular weight is 295 g/mol. The maximum Gasteiger partial charge on any atom is 0.304 e. The van der Waals surface area contributed by atoms with E-state index in [0.717, 1.165) is 0 Å². The van der Waals surface area contributed by atoms with Crippen molar-refractivity contribution in [2.24, 2.45) is 0 Å². The highest BCUT2D eigenvalue weighted by Gasteiger charge is 2.16. The minimum absolute atomic E-state index is 0.0180. The van der Waals surface area contributed by atoms with E-state index in [2.05, 4.69) is 5.32 Å². The van der Waals surface area contributed by atoms with Crippen molar-refractivity contribution in [3.05, 3.63) is 34.4 Å². The Morgan fingerprint density at radius 3 is 2.62 bits per heavy atom. The number of benzene rings is 1. The van der Waals surface area contributed by atoms with E-state index in [-0.39, 0.29) is 30.9 Å². The molecule has 8 heteroatoms. The molecule has 0 saturated heterocycles. The smallest absolute Gasteiger partial charge is 0.304 e. The molecule has 0 radical (unpaired) electrons.